The molecule has 3 atom stereocenters. The van der Waals surface area contributed by atoms with Crippen LogP contribution in [0.3, 0.4) is 0 Å². The number of hydrogen-bond donors (Lipinski definition) is 1. The quantitative estimate of drug-likeness (QED) is 0.780. The van der Waals surface area contributed by atoms with Gasteiger partial charge in [0.15, 0.2) is 0 Å². The number of rotatable bonds is 4. The summed E-state index contributed by atoms with van der Waals surface area (Å²) in [7, 11) is 0. The van der Waals surface area contributed by atoms with Crippen molar-refractivity contribution in [1.29, 1.82) is 0 Å². The molecule has 4 fully saturated rings. The minimum atomic E-state index is -4.39. The number of hydrogen-bond acceptors (Lipinski definition) is 5. The molecule has 3 aliphatic heterocycles. The molecule has 5 nitrogen and oxygen atoms in total. The molecule has 1 spiro atoms. The number of likely N-dealkylation sites (tertiary alicyclic amines) is 1. The van der Waals surface area contributed by atoms with E-state index in [0.29, 0.717) is 23.4 Å². The van der Waals surface area contributed by atoms with Gasteiger partial charge in [0.05, 0.1) is 11.9 Å². The smallest absolute Gasteiger partial charge is 0.369 e. The van der Waals surface area contributed by atoms with Gasteiger partial charge in [-0.05, 0) is 61.4 Å². The minimum Gasteiger partial charge on any atom is -0.369 e. The highest BCUT2D eigenvalue weighted by molar-refractivity contribution is 5.49. The van der Waals surface area contributed by atoms with Crippen LogP contribution in [0.15, 0.2) is 42.9 Å². The monoisotopic (exact) mass is 443 g/mol. The van der Waals surface area contributed by atoms with E-state index in [-0.39, 0.29) is 0 Å². The lowest BCUT2D eigenvalue weighted by atomic mass is 9.55. The van der Waals surface area contributed by atoms with Gasteiger partial charge in [0.2, 0.25) is 0 Å². The second-order valence-electron chi connectivity index (χ2n) is 10.3. The first-order valence-electron chi connectivity index (χ1n) is 11.5. The Morgan fingerprint density at radius 1 is 1.09 bits per heavy atom. The second kappa shape index (κ2) is 7.42. The van der Waals surface area contributed by atoms with Gasteiger partial charge in [-0.25, -0.2) is 4.98 Å². The summed E-state index contributed by atoms with van der Waals surface area (Å²) in [5.41, 5.74) is 1.57. The fourth-order valence-electron chi connectivity index (χ4n) is 6.65. The molecule has 170 valence electrons. The maximum absolute atomic E-state index is 12.8. The molecule has 0 radical (unpaired) electrons. The summed E-state index contributed by atoms with van der Waals surface area (Å²) in [4.78, 5) is 12.9. The Hall–Kier alpha value is -2.19. The Morgan fingerprint density at radius 3 is 2.59 bits per heavy atom. The SMILES string of the molecule is FC(F)(F)c1ccc(N2CC3(CC(C(c4cccnc4)N4CC5CNC(C5)C4)C3)C2)cn1. The molecule has 3 unspecified atom stereocenters. The van der Waals surface area contributed by atoms with E-state index < -0.39 is 11.9 Å². The van der Waals surface area contributed by atoms with Gasteiger partial charge < -0.3 is 10.2 Å². The molecule has 2 aromatic heterocycles. The first kappa shape index (κ1) is 20.4. The first-order chi connectivity index (χ1) is 15.4. The molecule has 2 bridgehead atoms. The highest BCUT2D eigenvalue weighted by atomic mass is 19.4. The zero-order chi connectivity index (χ0) is 21.9. The predicted molar refractivity (Wildman–Crippen MR) is 115 cm³/mol. The summed E-state index contributed by atoms with van der Waals surface area (Å²) in [5, 5.41) is 3.67. The van der Waals surface area contributed by atoms with Crippen LogP contribution in [0, 0.1) is 17.3 Å². The number of nitrogens with one attached hydrogen (secondary N) is 1. The lowest BCUT2D eigenvalue weighted by Gasteiger charge is -2.62. The van der Waals surface area contributed by atoms with E-state index >= 15 is 0 Å². The summed E-state index contributed by atoms with van der Waals surface area (Å²) >= 11 is 0. The Labute approximate surface area is 186 Å². The number of alkyl halides is 3. The third-order valence-corrected chi connectivity index (χ3v) is 7.97. The van der Waals surface area contributed by atoms with Crippen molar-refractivity contribution in [2.45, 2.75) is 37.5 Å². The molecule has 2 aromatic rings. The molecule has 0 amide bonds. The van der Waals surface area contributed by atoms with Crippen LogP contribution >= 0.6 is 0 Å². The van der Waals surface area contributed by atoms with E-state index in [9.17, 15) is 13.2 Å². The van der Waals surface area contributed by atoms with E-state index in [2.05, 4.69) is 31.2 Å². The summed E-state index contributed by atoms with van der Waals surface area (Å²) in [6.45, 7) is 5.19. The molecule has 5 heterocycles. The minimum absolute atomic E-state index is 0.293. The third-order valence-electron chi connectivity index (χ3n) is 7.97. The van der Waals surface area contributed by atoms with Crippen molar-refractivity contribution in [3.63, 3.8) is 0 Å². The van der Waals surface area contributed by atoms with Gasteiger partial charge in [-0.1, -0.05) is 6.07 Å². The summed E-state index contributed by atoms with van der Waals surface area (Å²) in [6.07, 6.45) is 4.46. The maximum atomic E-state index is 12.8. The fraction of sp³-hybridized carbons (Fsp3) is 0.583. The number of nitrogens with zero attached hydrogens (tertiary/aromatic N) is 4. The Bertz CT molecular complexity index is 938. The number of pyridine rings is 2. The van der Waals surface area contributed by atoms with E-state index in [4.69, 9.17) is 0 Å². The van der Waals surface area contributed by atoms with Gasteiger partial charge in [0.25, 0.3) is 0 Å². The van der Waals surface area contributed by atoms with Crippen molar-refractivity contribution in [2.24, 2.45) is 17.3 Å². The van der Waals surface area contributed by atoms with E-state index in [0.717, 1.165) is 63.2 Å². The van der Waals surface area contributed by atoms with Gasteiger partial charge in [0.1, 0.15) is 5.69 Å². The van der Waals surface area contributed by atoms with E-state index in [1.165, 1.54) is 18.2 Å². The highest BCUT2D eigenvalue weighted by Crippen LogP contribution is 2.57. The lowest BCUT2D eigenvalue weighted by molar-refractivity contribution is -0.141. The third kappa shape index (κ3) is 3.57. The molecular weight excluding hydrogens is 415 g/mol. The Balaban J connectivity index is 1.12. The van der Waals surface area contributed by atoms with Crippen molar-refractivity contribution in [2.75, 3.05) is 37.6 Å². The first-order valence-corrected chi connectivity index (χ1v) is 11.5. The van der Waals surface area contributed by atoms with Crippen molar-refractivity contribution in [1.82, 2.24) is 20.2 Å². The molecule has 3 saturated heterocycles. The van der Waals surface area contributed by atoms with E-state index in [1.54, 1.807) is 6.07 Å². The van der Waals surface area contributed by atoms with Gasteiger partial charge >= 0.3 is 6.18 Å². The summed E-state index contributed by atoms with van der Waals surface area (Å²) in [5.74, 6) is 1.35. The van der Waals surface area contributed by atoms with E-state index in [1.807, 2.05) is 18.5 Å². The van der Waals surface area contributed by atoms with Crippen molar-refractivity contribution < 1.29 is 13.2 Å². The normalized spacial score (nSPS) is 28.4. The van der Waals surface area contributed by atoms with Gasteiger partial charge in [-0.2, -0.15) is 13.2 Å². The number of fused-ring (bicyclic) bond motifs is 2. The molecule has 32 heavy (non-hydrogen) atoms. The second-order valence-corrected chi connectivity index (χ2v) is 10.3. The van der Waals surface area contributed by atoms with Gasteiger partial charge in [-0.3, -0.25) is 9.88 Å². The average molecular weight is 444 g/mol. The standard InChI is InChI=1S/C24H28F3N5/c25-24(26,27)21-4-3-20(11-30-21)32-14-23(15-32)7-18(8-23)22(17-2-1-5-28-10-17)31-12-16-6-19(13-31)29-9-16/h1-5,10-11,16,18-19,22,29H,6-9,12-15H2. The zero-order valence-electron chi connectivity index (χ0n) is 17.9. The van der Waals surface area contributed by atoms with Crippen LogP contribution in [0.5, 0.6) is 0 Å². The van der Waals surface area contributed by atoms with Crippen molar-refractivity contribution in [3.8, 4) is 0 Å². The zero-order valence-corrected chi connectivity index (χ0v) is 17.9. The highest BCUT2D eigenvalue weighted by Gasteiger charge is 2.55. The molecule has 8 heteroatoms. The lowest BCUT2D eigenvalue weighted by Crippen LogP contribution is -2.64. The predicted octanol–water partition coefficient (Wildman–Crippen LogP) is 3.75. The van der Waals surface area contributed by atoms with Crippen LogP contribution in [0.25, 0.3) is 0 Å². The topological polar surface area (TPSA) is 44.3 Å². The summed E-state index contributed by atoms with van der Waals surface area (Å²) < 4.78 is 38.3. The maximum Gasteiger partial charge on any atom is 0.433 e. The number of aromatic nitrogens is 2. The van der Waals surface area contributed by atoms with Crippen LogP contribution in [0.1, 0.15) is 36.6 Å². The van der Waals surface area contributed by atoms with Crippen LogP contribution in [0.2, 0.25) is 0 Å². The fourth-order valence-corrected chi connectivity index (χ4v) is 6.65. The average Bonchev–Trinajstić information content (AvgIpc) is 3.06. The molecular formula is C24H28F3N5. The number of anilines is 1. The van der Waals surface area contributed by atoms with Crippen LogP contribution in [-0.4, -0.2) is 53.6 Å². The molecule has 4 aliphatic rings. The van der Waals surface area contributed by atoms with Gasteiger partial charge in [-0.15, -0.1) is 0 Å². The van der Waals surface area contributed by atoms with Gasteiger partial charge in [0, 0.05) is 56.1 Å². The molecule has 1 aliphatic carbocycles. The molecule has 6 rings (SSSR count). The van der Waals surface area contributed by atoms with Crippen LogP contribution in [0.4, 0.5) is 18.9 Å². The summed E-state index contributed by atoms with van der Waals surface area (Å²) in [6, 6.07) is 7.90. The van der Waals surface area contributed by atoms with Crippen molar-refractivity contribution >= 4 is 5.69 Å². The number of halogens is 3. The molecule has 0 aromatic carbocycles. The molecule has 1 N–H and O–H groups in total. The van der Waals surface area contributed by atoms with Crippen LogP contribution < -0.4 is 10.2 Å². The molecule has 1 saturated carbocycles. The van der Waals surface area contributed by atoms with Crippen molar-refractivity contribution in [3.05, 3.63) is 54.1 Å². The Morgan fingerprint density at radius 2 is 1.94 bits per heavy atom. The largest absolute Gasteiger partial charge is 0.433 e. The van der Waals surface area contributed by atoms with Crippen LogP contribution in [-0.2, 0) is 6.18 Å². The number of piperidine rings is 1. The Kier molecular flexibility index (Phi) is 4.73.